The highest BCUT2D eigenvalue weighted by atomic mass is 35.5. The van der Waals surface area contributed by atoms with Gasteiger partial charge in [-0.2, -0.15) is 0 Å². The van der Waals surface area contributed by atoms with Crippen molar-refractivity contribution in [2.45, 2.75) is 13.3 Å². The summed E-state index contributed by atoms with van der Waals surface area (Å²) in [5.41, 5.74) is 2.17. The lowest BCUT2D eigenvalue weighted by atomic mass is 10.2. The average Bonchev–Trinajstić information content (AvgIpc) is 2.74. The summed E-state index contributed by atoms with van der Waals surface area (Å²) in [6.07, 6.45) is 0.517. The van der Waals surface area contributed by atoms with Gasteiger partial charge < -0.3 is 15.1 Å². The average molecular weight is 431 g/mol. The highest BCUT2D eigenvalue weighted by Crippen LogP contribution is 2.30. The van der Waals surface area contributed by atoms with Crippen LogP contribution in [0.3, 0.4) is 0 Å². The fourth-order valence-electron chi connectivity index (χ4n) is 3.22. The molecule has 1 heterocycles. The Morgan fingerprint density at radius 3 is 2.41 bits per heavy atom. The van der Waals surface area contributed by atoms with E-state index in [2.05, 4.69) is 15.5 Å². The molecule has 1 aliphatic heterocycles. The number of nitrogens with zero attached hydrogens (tertiary/aromatic N) is 2. The Morgan fingerprint density at radius 1 is 1.07 bits per heavy atom. The van der Waals surface area contributed by atoms with E-state index in [-0.39, 0.29) is 16.9 Å². The molecule has 0 unspecified atom stereocenters. The van der Waals surface area contributed by atoms with Gasteiger partial charge in [0.05, 0.1) is 11.4 Å². The number of halogens is 1. The summed E-state index contributed by atoms with van der Waals surface area (Å²) in [6, 6.07) is 14.4. The van der Waals surface area contributed by atoms with Crippen LogP contribution in [0.4, 0.5) is 11.4 Å². The van der Waals surface area contributed by atoms with Crippen molar-refractivity contribution in [1.82, 2.24) is 10.2 Å². The lowest BCUT2D eigenvalue weighted by molar-refractivity contribution is -0.131. The van der Waals surface area contributed by atoms with E-state index in [4.69, 9.17) is 23.8 Å². The monoisotopic (exact) mass is 430 g/mol. The first-order chi connectivity index (χ1) is 14.0. The van der Waals surface area contributed by atoms with Gasteiger partial charge in [-0.05, 0) is 42.5 Å². The second-order valence-corrected chi connectivity index (χ2v) is 7.50. The fourth-order valence-corrected chi connectivity index (χ4v) is 3.60. The van der Waals surface area contributed by atoms with E-state index in [0.717, 1.165) is 5.69 Å². The maximum atomic E-state index is 12.3. The Bertz CT molecular complexity index is 899. The topological polar surface area (TPSA) is 64.7 Å². The van der Waals surface area contributed by atoms with Crippen LogP contribution in [0.15, 0.2) is 48.5 Å². The molecule has 0 saturated carbocycles. The number of anilines is 2. The van der Waals surface area contributed by atoms with Gasteiger partial charge in [0.15, 0.2) is 5.11 Å². The number of carbonyl (C=O) groups is 2. The van der Waals surface area contributed by atoms with Gasteiger partial charge in [-0.25, -0.2) is 0 Å². The third-order valence-corrected chi connectivity index (χ3v) is 5.18. The first-order valence-corrected chi connectivity index (χ1v) is 10.3. The Morgan fingerprint density at radius 2 is 1.76 bits per heavy atom. The van der Waals surface area contributed by atoms with E-state index in [1.807, 2.05) is 30.0 Å². The van der Waals surface area contributed by atoms with Gasteiger partial charge in [-0.15, -0.1) is 0 Å². The molecule has 0 bridgehead atoms. The van der Waals surface area contributed by atoms with Crippen LogP contribution in [0.2, 0.25) is 5.02 Å². The van der Waals surface area contributed by atoms with E-state index < -0.39 is 0 Å². The third-order valence-electron chi connectivity index (χ3n) is 4.75. The van der Waals surface area contributed by atoms with Crippen LogP contribution >= 0.6 is 23.8 Å². The first kappa shape index (κ1) is 21.1. The number of amides is 2. The molecule has 0 aromatic heterocycles. The van der Waals surface area contributed by atoms with Gasteiger partial charge in [0.1, 0.15) is 0 Å². The van der Waals surface area contributed by atoms with Crippen molar-refractivity contribution in [3.8, 4) is 0 Å². The largest absolute Gasteiger partial charge is 0.366 e. The minimum Gasteiger partial charge on any atom is -0.366 e. The molecule has 2 amide bonds. The lowest BCUT2D eigenvalue weighted by Gasteiger charge is -2.37. The summed E-state index contributed by atoms with van der Waals surface area (Å²) in [4.78, 5) is 28.3. The predicted molar refractivity (Wildman–Crippen MR) is 121 cm³/mol. The fraction of sp³-hybridized carbons (Fsp3) is 0.286. The maximum absolute atomic E-state index is 12.3. The van der Waals surface area contributed by atoms with Crippen LogP contribution < -0.4 is 15.5 Å². The summed E-state index contributed by atoms with van der Waals surface area (Å²) in [5, 5.41) is 6.54. The normalized spacial score (nSPS) is 13.7. The smallest absolute Gasteiger partial charge is 0.257 e. The molecule has 0 aliphatic carbocycles. The number of thiocarbonyl (C=S) groups is 1. The molecule has 6 nitrogen and oxygen atoms in total. The molecule has 1 saturated heterocycles. The minimum absolute atomic E-state index is 0.170. The molecule has 1 aliphatic rings. The van der Waals surface area contributed by atoms with Crippen LogP contribution in [0, 0.1) is 0 Å². The molecule has 152 valence electrons. The first-order valence-electron chi connectivity index (χ1n) is 9.47. The van der Waals surface area contributed by atoms with E-state index in [9.17, 15) is 9.59 Å². The molecule has 3 rings (SSSR count). The summed E-state index contributed by atoms with van der Waals surface area (Å²) < 4.78 is 0. The Balaban J connectivity index is 1.68. The van der Waals surface area contributed by atoms with Crippen molar-refractivity contribution in [2.75, 3.05) is 36.4 Å². The molecule has 2 N–H and O–H groups in total. The van der Waals surface area contributed by atoms with Crippen molar-refractivity contribution in [3.63, 3.8) is 0 Å². The Labute approximate surface area is 180 Å². The summed E-state index contributed by atoms with van der Waals surface area (Å²) in [6.45, 7) is 4.64. The Kier molecular flexibility index (Phi) is 7.06. The SMILES string of the molecule is CCC(=O)N1CCN(c2ccc(Cl)cc2NC(=S)NC(=O)c2ccccc2)CC1. The highest BCUT2D eigenvalue weighted by molar-refractivity contribution is 7.80. The lowest BCUT2D eigenvalue weighted by Crippen LogP contribution is -2.48. The number of carbonyl (C=O) groups excluding carboxylic acids is 2. The number of benzene rings is 2. The number of nitrogens with one attached hydrogen (secondary N) is 2. The maximum Gasteiger partial charge on any atom is 0.257 e. The van der Waals surface area contributed by atoms with Crippen molar-refractivity contribution in [2.24, 2.45) is 0 Å². The highest BCUT2D eigenvalue weighted by Gasteiger charge is 2.22. The van der Waals surface area contributed by atoms with E-state index in [1.54, 1.807) is 30.3 Å². The summed E-state index contributed by atoms with van der Waals surface area (Å²) >= 11 is 11.5. The molecule has 1 fully saturated rings. The molecule has 0 atom stereocenters. The zero-order valence-corrected chi connectivity index (χ0v) is 17.7. The molecule has 0 radical (unpaired) electrons. The molecule has 2 aromatic carbocycles. The molecule has 0 spiro atoms. The zero-order chi connectivity index (χ0) is 20.8. The van der Waals surface area contributed by atoms with Gasteiger partial charge >= 0.3 is 0 Å². The third kappa shape index (κ3) is 5.46. The quantitative estimate of drug-likeness (QED) is 0.726. The summed E-state index contributed by atoms with van der Waals surface area (Å²) in [7, 11) is 0. The Hall–Kier alpha value is -2.64. The van der Waals surface area contributed by atoms with E-state index in [1.165, 1.54) is 0 Å². The van der Waals surface area contributed by atoms with Crippen LogP contribution in [-0.2, 0) is 4.79 Å². The number of hydrogen-bond donors (Lipinski definition) is 2. The number of rotatable bonds is 4. The van der Waals surface area contributed by atoms with Crippen LogP contribution in [0.1, 0.15) is 23.7 Å². The second-order valence-electron chi connectivity index (χ2n) is 6.66. The van der Waals surface area contributed by atoms with Crippen molar-refractivity contribution in [1.29, 1.82) is 0 Å². The van der Waals surface area contributed by atoms with Crippen LogP contribution in [0.25, 0.3) is 0 Å². The van der Waals surface area contributed by atoms with Gasteiger partial charge in [0.2, 0.25) is 5.91 Å². The standard InChI is InChI=1S/C21H23ClN4O2S/c1-2-19(27)26-12-10-25(11-13-26)18-9-8-16(22)14-17(18)23-21(29)24-20(28)15-6-4-3-5-7-15/h3-9,14H,2,10-13H2,1H3,(H2,23,24,28,29). The van der Waals surface area contributed by atoms with Crippen LogP contribution in [-0.4, -0.2) is 48.0 Å². The van der Waals surface area contributed by atoms with E-state index in [0.29, 0.717) is 48.9 Å². The van der Waals surface area contributed by atoms with Crippen molar-refractivity contribution < 1.29 is 9.59 Å². The number of piperazine rings is 1. The van der Waals surface area contributed by atoms with Crippen molar-refractivity contribution in [3.05, 3.63) is 59.1 Å². The van der Waals surface area contributed by atoms with Gasteiger partial charge in [-0.3, -0.25) is 14.9 Å². The number of hydrogen-bond acceptors (Lipinski definition) is 4. The van der Waals surface area contributed by atoms with Crippen molar-refractivity contribution >= 4 is 52.1 Å². The molecule has 8 heteroatoms. The molecule has 29 heavy (non-hydrogen) atoms. The molecular weight excluding hydrogens is 408 g/mol. The zero-order valence-electron chi connectivity index (χ0n) is 16.2. The summed E-state index contributed by atoms with van der Waals surface area (Å²) in [5.74, 6) is -0.109. The van der Waals surface area contributed by atoms with Gasteiger partial charge in [0, 0.05) is 43.2 Å². The minimum atomic E-state index is -0.279. The molecular formula is C21H23ClN4O2S. The van der Waals surface area contributed by atoms with Gasteiger partial charge in [-0.1, -0.05) is 36.7 Å². The van der Waals surface area contributed by atoms with Crippen LogP contribution in [0.5, 0.6) is 0 Å². The molecule has 2 aromatic rings. The second kappa shape index (κ2) is 9.71. The predicted octanol–water partition coefficient (Wildman–Crippen LogP) is 3.53. The van der Waals surface area contributed by atoms with Gasteiger partial charge in [0.25, 0.3) is 5.91 Å². The van der Waals surface area contributed by atoms with E-state index >= 15 is 0 Å².